The molecule has 0 saturated carbocycles. The van der Waals surface area contributed by atoms with Gasteiger partial charge in [0, 0.05) is 29.1 Å². The predicted molar refractivity (Wildman–Crippen MR) is 85.6 cm³/mol. The maximum Gasteiger partial charge on any atom is 0.347 e. The molecule has 7 nitrogen and oxygen atoms in total. The molecule has 24 heavy (non-hydrogen) atoms. The van der Waals surface area contributed by atoms with E-state index < -0.39 is 16.3 Å². The number of carbonyl (C=O) groups excluding carboxylic acids is 1. The van der Waals surface area contributed by atoms with Crippen LogP contribution in [-0.4, -0.2) is 17.8 Å². The molecule has 7 heteroatoms. The zero-order valence-electron chi connectivity index (χ0n) is 12.5. The Hall–Kier alpha value is -3.48. The van der Waals surface area contributed by atoms with E-state index >= 15 is 0 Å². The lowest BCUT2D eigenvalue weighted by atomic mass is 10.0. The molecule has 0 bridgehead atoms. The third kappa shape index (κ3) is 2.74. The van der Waals surface area contributed by atoms with Crippen molar-refractivity contribution in [3.63, 3.8) is 0 Å². The molecule has 0 N–H and O–H groups in total. The first-order valence-electron chi connectivity index (χ1n) is 6.90. The first-order valence-corrected chi connectivity index (χ1v) is 6.90. The van der Waals surface area contributed by atoms with Gasteiger partial charge in [0.25, 0.3) is 5.69 Å². The van der Waals surface area contributed by atoms with Crippen LogP contribution in [0.2, 0.25) is 0 Å². The number of hydrogen-bond donors (Lipinski definition) is 0. The summed E-state index contributed by atoms with van der Waals surface area (Å²) in [5, 5.41) is 11.2. The van der Waals surface area contributed by atoms with Crippen LogP contribution < -0.4 is 10.4 Å². The highest BCUT2D eigenvalue weighted by Crippen LogP contribution is 2.21. The lowest BCUT2D eigenvalue weighted by molar-refractivity contribution is -0.384. The van der Waals surface area contributed by atoms with E-state index in [2.05, 4.69) is 0 Å². The lowest BCUT2D eigenvalue weighted by Gasteiger charge is -2.04. The van der Waals surface area contributed by atoms with Gasteiger partial charge < -0.3 is 9.15 Å². The summed E-state index contributed by atoms with van der Waals surface area (Å²) >= 11 is 0. The van der Waals surface area contributed by atoms with Crippen molar-refractivity contribution in [1.29, 1.82) is 0 Å². The Bertz CT molecular complexity index is 1000. The van der Waals surface area contributed by atoms with Gasteiger partial charge in [-0.05, 0) is 30.3 Å². The minimum atomic E-state index is -0.779. The van der Waals surface area contributed by atoms with Gasteiger partial charge in [0.05, 0.1) is 12.0 Å². The van der Waals surface area contributed by atoms with Crippen LogP contribution in [0.5, 0.6) is 5.75 Å². The molecule has 0 unspecified atom stereocenters. The van der Waals surface area contributed by atoms with Crippen LogP contribution in [0.1, 0.15) is 15.9 Å². The minimum absolute atomic E-state index is 0.135. The van der Waals surface area contributed by atoms with E-state index in [-0.39, 0.29) is 16.8 Å². The van der Waals surface area contributed by atoms with E-state index in [1.807, 2.05) is 0 Å². The summed E-state index contributed by atoms with van der Waals surface area (Å²) < 4.78 is 10.2. The summed E-state index contributed by atoms with van der Waals surface area (Å²) in [5.41, 5.74) is -0.579. The number of hydrogen-bond acceptors (Lipinski definition) is 6. The van der Waals surface area contributed by atoms with Crippen molar-refractivity contribution >= 4 is 22.4 Å². The van der Waals surface area contributed by atoms with Gasteiger partial charge in [0.1, 0.15) is 16.9 Å². The van der Waals surface area contributed by atoms with Crippen molar-refractivity contribution < 1.29 is 18.9 Å². The highest BCUT2D eigenvalue weighted by atomic mass is 16.6. The zero-order chi connectivity index (χ0) is 17.3. The topological polar surface area (TPSA) is 99.6 Å². The lowest BCUT2D eigenvalue weighted by Crippen LogP contribution is -2.14. The molecule has 0 aliphatic rings. The van der Waals surface area contributed by atoms with E-state index in [4.69, 9.17) is 9.15 Å². The number of rotatable bonds is 4. The van der Waals surface area contributed by atoms with Gasteiger partial charge in [0.2, 0.25) is 0 Å². The third-order valence-corrected chi connectivity index (χ3v) is 3.53. The van der Waals surface area contributed by atoms with Crippen molar-refractivity contribution in [1.82, 2.24) is 0 Å². The quantitative estimate of drug-likeness (QED) is 0.316. The second kappa shape index (κ2) is 5.96. The summed E-state index contributed by atoms with van der Waals surface area (Å²) in [6.07, 6.45) is 0. The number of fused-ring (bicyclic) bond motifs is 1. The molecular weight excluding hydrogens is 314 g/mol. The highest BCUT2D eigenvalue weighted by Gasteiger charge is 2.17. The smallest absolute Gasteiger partial charge is 0.347 e. The maximum atomic E-state index is 12.5. The number of nitro groups is 1. The van der Waals surface area contributed by atoms with Crippen molar-refractivity contribution in [2.45, 2.75) is 0 Å². The predicted octanol–water partition coefficient (Wildman–Crippen LogP) is 2.94. The summed E-state index contributed by atoms with van der Waals surface area (Å²) in [6.45, 7) is 0. The van der Waals surface area contributed by atoms with Crippen molar-refractivity contribution in [2.24, 2.45) is 0 Å². The molecule has 1 heterocycles. The number of nitro benzene ring substituents is 1. The molecule has 0 saturated heterocycles. The number of ether oxygens (including phenoxy) is 1. The average Bonchev–Trinajstić information content (AvgIpc) is 2.60. The average molecular weight is 325 g/mol. The molecule has 120 valence electrons. The standard InChI is InChI=1S/C17H11NO6/c1-23-13-7-4-11-8-14(17(20)24-15(11)9-13)16(19)10-2-5-12(6-3-10)18(21)22/h2-9H,1H3. The minimum Gasteiger partial charge on any atom is -0.497 e. The first kappa shape index (κ1) is 15.4. The number of ketones is 1. The number of benzene rings is 2. The second-order valence-electron chi connectivity index (χ2n) is 4.98. The van der Waals surface area contributed by atoms with Crippen molar-refractivity contribution in [3.05, 3.63) is 80.2 Å². The summed E-state index contributed by atoms with van der Waals surface area (Å²) in [4.78, 5) is 34.6. The second-order valence-corrected chi connectivity index (χ2v) is 4.98. The molecule has 0 spiro atoms. The molecule has 3 aromatic rings. The maximum absolute atomic E-state index is 12.5. The van der Waals surface area contributed by atoms with E-state index in [1.54, 1.807) is 18.2 Å². The number of carbonyl (C=O) groups is 1. The largest absolute Gasteiger partial charge is 0.497 e. The van der Waals surface area contributed by atoms with E-state index in [0.717, 1.165) is 0 Å². The van der Waals surface area contributed by atoms with E-state index in [1.165, 1.54) is 37.4 Å². The molecule has 0 amide bonds. The molecule has 0 aliphatic carbocycles. The van der Waals surface area contributed by atoms with Crippen LogP contribution in [0.4, 0.5) is 5.69 Å². The fourth-order valence-electron chi connectivity index (χ4n) is 2.27. The Labute approximate surface area is 135 Å². The highest BCUT2D eigenvalue weighted by molar-refractivity contribution is 6.09. The van der Waals surface area contributed by atoms with Crippen LogP contribution in [0.25, 0.3) is 11.0 Å². The Balaban J connectivity index is 2.04. The van der Waals surface area contributed by atoms with E-state index in [9.17, 15) is 19.7 Å². The van der Waals surface area contributed by atoms with Crippen LogP contribution >= 0.6 is 0 Å². The van der Waals surface area contributed by atoms with Gasteiger partial charge in [-0.25, -0.2) is 4.79 Å². The van der Waals surface area contributed by atoms with Gasteiger partial charge in [0.15, 0.2) is 5.78 Å². The van der Waals surface area contributed by atoms with Crippen LogP contribution in [0, 0.1) is 10.1 Å². The fraction of sp³-hybridized carbons (Fsp3) is 0.0588. The van der Waals surface area contributed by atoms with Crippen LogP contribution in [0.3, 0.4) is 0 Å². The molecule has 1 aromatic heterocycles. The monoisotopic (exact) mass is 325 g/mol. The summed E-state index contributed by atoms with van der Waals surface area (Å²) in [7, 11) is 1.49. The molecular formula is C17H11NO6. The first-order chi connectivity index (χ1) is 11.5. The zero-order valence-corrected chi connectivity index (χ0v) is 12.5. The van der Waals surface area contributed by atoms with Gasteiger partial charge >= 0.3 is 5.63 Å². The Morgan fingerprint density at radius 2 is 1.83 bits per heavy atom. The molecule has 0 aliphatic heterocycles. The number of methoxy groups -OCH3 is 1. The normalized spacial score (nSPS) is 10.5. The molecule has 0 atom stereocenters. The fourth-order valence-corrected chi connectivity index (χ4v) is 2.27. The summed E-state index contributed by atoms with van der Waals surface area (Å²) in [6, 6.07) is 11.4. The Morgan fingerprint density at radius 1 is 1.12 bits per heavy atom. The van der Waals surface area contributed by atoms with E-state index in [0.29, 0.717) is 16.7 Å². The Kier molecular flexibility index (Phi) is 3.83. The van der Waals surface area contributed by atoms with Gasteiger partial charge in [-0.1, -0.05) is 0 Å². The number of non-ortho nitro benzene ring substituents is 1. The molecule has 0 fully saturated rings. The SMILES string of the molecule is COc1ccc2cc(C(=O)c3ccc([N+](=O)[O-])cc3)c(=O)oc2c1. The van der Waals surface area contributed by atoms with Crippen LogP contribution in [-0.2, 0) is 0 Å². The van der Waals surface area contributed by atoms with Gasteiger partial charge in [-0.2, -0.15) is 0 Å². The van der Waals surface area contributed by atoms with Crippen molar-refractivity contribution in [3.8, 4) is 5.75 Å². The van der Waals surface area contributed by atoms with Gasteiger partial charge in [-0.15, -0.1) is 0 Å². The van der Waals surface area contributed by atoms with Crippen LogP contribution in [0.15, 0.2) is 57.7 Å². The number of nitrogens with zero attached hydrogens (tertiary/aromatic N) is 1. The summed E-state index contributed by atoms with van der Waals surface area (Å²) in [5.74, 6) is -0.0311. The molecule has 2 aromatic carbocycles. The van der Waals surface area contributed by atoms with Crippen molar-refractivity contribution in [2.75, 3.05) is 7.11 Å². The molecule has 0 radical (unpaired) electrons. The van der Waals surface area contributed by atoms with Gasteiger partial charge in [-0.3, -0.25) is 14.9 Å². The molecule has 3 rings (SSSR count). The Morgan fingerprint density at radius 3 is 2.46 bits per heavy atom. The third-order valence-electron chi connectivity index (χ3n) is 3.53.